The van der Waals surface area contributed by atoms with E-state index in [1.165, 1.54) is 29.2 Å². The second kappa shape index (κ2) is 7.66. The van der Waals surface area contributed by atoms with E-state index in [4.69, 9.17) is 11.6 Å². The average molecular weight is 440 g/mol. The number of H-pyrrole nitrogens is 1. The van der Waals surface area contributed by atoms with Gasteiger partial charge in [0.2, 0.25) is 0 Å². The summed E-state index contributed by atoms with van der Waals surface area (Å²) < 4.78 is 1.31. The molecule has 0 unspecified atom stereocenters. The summed E-state index contributed by atoms with van der Waals surface area (Å²) >= 11 is 7.35. The third kappa shape index (κ3) is 3.40. The molecule has 1 aromatic carbocycles. The number of hydrogen-bond acceptors (Lipinski definition) is 5. The first-order valence-corrected chi connectivity index (χ1v) is 10.5. The molecule has 0 bridgehead atoms. The third-order valence-electron chi connectivity index (χ3n) is 5.10. The summed E-state index contributed by atoms with van der Waals surface area (Å²) in [7, 11) is 0. The number of Topliss-reactive ketones (excluding diaryl/α,β-unsaturated/α-hetero) is 2. The van der Waals surface area contributed by atoms with Gasteiger partial charge in [-0.3, -0.25) is 19.0 Å². The number of nitrogens with zero attached hydrogens (tertiary/aromatic N) is 2. The predicted molar refractivity (Wildman–Crippen MR) is 119 cm³/mol. The zero-order chi connectivity index (χ0) is 21.6. The van der Waals surface area contributed by atoms with Crippen LogP contribution in [0.15, 0.2) is 40.8 Å². The summed E-state index contributed by atoms with van der Waals surface area (Å²) in [5, 5.41) is 2.97. The van der Waals surface area contributed by atoms with E-state index >= 15 is 0 Å². The Hall–Kier alpha value is -3.03. The van der Waals surface area contributed by atoms with Crippen LogP contribution in [0.5, 0.6) is 0 Å². The number of benzene rings is 1. The molecular weight excluding hydrogens is 422 g/mol. The number of carbonyl (C=O) groups is 2. The minimum Gasteiger partial charge on any atom is -0.355 e. The summed E-state index contributed by atoms with van der Waals surface area (Å²) in [4.78, 5) is 45.9. The minimum absolute atomic E-state index is 0.105. The van der Waals surface area contributed by atoms with Crippen molar-refractivity contribution in [3.05, 3.63) is 73.9 Å². The standard InChI is InChI=1S/C22H18ClN3O3S/c1-11-18(13(3)27)12(2)25-20(11)17(28)8-26-10-24-21-19(22(26)29)16(9-30-21)14-4-6-15(23)7-5-14/h4-7,9-10,25H,8H2,1-3H3. The highest BCUT2D eigenvalue weighted by atomic mass is 35.5. The largest absolute Gasteiger partial charge is 0.355 e. The smallest absolute Gasteiger partial charge is 0.263 e. The molecule has 8 heteroatoms. The van der Waals surface area contributed by atoms with Crippen molar-refractivity contribution in [3.63, 3.8) is 0 Å². The van der Waals surface area contributed by atoms with Gasteiger partial charge in [-0.25, -0.2) is 4.98 Å². The first-order chi connectivity index (χ1) is 14.3. The van der Waals surface area contributed by atoms with E-state index in [1.807, 2.05) is 17.5 Å². The van der Waals surface area contributed by atoms with Gasteiger partial charge < -0.3 is 4.98 Å². The second-order valence-corrected chi connectivity index (χ2v) is 8.41. The molecule has 4 aromatic rings. The van der Waals surface area contributed by atoms with Gasteiger partial charge in [-0.15, -0.1) is 11.3 Å². The van der Waals surface area contributed by atoms with Crippen LogP contribution in [0.3, 0.4) is 0 Å². The maximum atomic E-state index is 13.2. The van der Waals surface area contributed by atoms with Crippen LogP contribution in [0.4, 0.5) is 0 Å². The molecule has 4 rings (SSSR count). The molecule has 0 saturated carbocycles. The number of fused-ring (bicyclic) bond motifs is 1. The first-order valence-electron chi connectivity index (χ1n) is 9.23. The molecule has 3 aromatic heterocycles. The van der Waals surface area contributed by atoms with E-state index in [0.717, 1.165) is 11.1 Å². The van der Waals surface area contributed by atoms with Crippen LogP contribution >= 0.6 is 22.9 Å². The van der Waals surface area contributed by atoms with Crippen LogP contribution in [0, 0.1) is 13.8 Å². The van der Waals surface area contributed by atoms with Gasteiger partial charge in [0.1, 0.15) is 4.83 Å². The van der Waals surface area contributed by atoms with Crippen molar-refractivity contribution >= 4 is 44.7 Å². The van der Waals surface area contributed by atoms with Crippen LogP contribution < -0.4 is 5.56 Å². The molecule has 152 valence electrons. The topological polar surface area (TPSA) is 84.8 Å². The molecule has 30 heavy (non-hydrogen) atoms. The molecule has 0 spiro atoms. The monoisotopic (exact) mass is 439 g/mol. The highest BCUT2D eigenvalue weighted by Crippen LogP contribution is 2.31. The summed E-state index contributed by atoms with van der Waals surface area (Å²) in [6.07, 6.45) is 1.39. The van der Waals surface area contributed by atoms with Crippen LogP contribution in [-0.4, -0.2) is 26.1 Å². The quantitative estimate of drug-likeness (QED) is 0.452. The number of aromatic amines is 1. The fraction of sp³-hybridized carbons (Fsp3) is 0.182. The molecule has 6 nitrogen and oxygen atoms in total. The summed E-state index contributed by atoms with van der Waals surface area (Å²) in [6.45, 7) is 4.78. The lowest BCUT2D eigenvalue weighted by Gasteiger charge is -2.06. The Kier molecular flexibility index (Phi) is 5.17. The predicted octanol–water partition coefficient (Wildman–Crippen LogP) is 4.81. The average Bonchev–Trinajstić information content (AvgIpc) is 3.26. The van der Waals surface area contributed by atoms with Gasteiger partial charge >= 0.3 is 0 Å². The second-order valence-electron chi connectivity index (χ2n) is 7.12. The molecule has 0 amide bonds. The van der Waals surface area contributed by atoms with Gasteiger partial charge in [-0.05, 0) is 44.0 Å². The molecule has 3 heterocycles. The lowest BCUT2D eigenvalue weighted by molar-refractivity contribution is 0.0965. The van der Waals surface area contributed by atoms with E-state index in [9.17, 15) is 14.4 Å². The van der Waals surface area contributed by atoms with Crippen molar-refractivity contribution in [2.75, 3.05) is 0 Å². The van der Waals surface area contributed by atoms with Crippen LogP contribution in [0.25, 0.3) is 21.3 Å². The highest BCUT2D eigenvalue weighted by molar-refractivity contribution is 7.17. The minimum atomic E-state index is -0.285. The van der Waals surface area contributed by atoms with Crippen molar-refractivity contribution in [2.45, 2.75) is 27.3 Å². The first kappa shape index (κ1) is 20.3. The Morgan fingerprint density at radius 2 is 1.90 bits per heavy atom. The van der Waals surface area contributed by atoms with Gasteiger partial charge in [0, 0.05) is 27.2 Å². The number of halogens is 1. The number of nitrogens with one attached hydrogen (secondary N) is 1. The third-order valence-corrected chi connectivity index (χ3v) is 6.24. The molecule has 0 aliphatic heterocycles. The number of ketones is 2. The SMILES string of the molecule is CC(=O)c1c(C)[nH]c(C(=O)Cn2cnc3scc(-c4ccc(Cl)cc4)c3c2=O)c1C. The molecule has 0 aliphatic carbocycles. The molecule has 0 saturated heterocycles. The van der Waals surface area contributed by atoms with Gasteiger partial charge in [0.25, 0.3) is 5.56 Å². The molecule has 0 aliphatic rings. The Morgan fingerprint density at radius 3 is 2.53 bits per heavy atom. The molecule has 0 radical (unpaired) electrons. The zero-order valence-electron chi connectivity index (χ0n) is 16.6. The Labute approximate surface area is 181 Å². The Bertz CT molecular complexity index is 1360. The molecule has 1 N–H and O–H groups in total. The van der Waals surface area contributed by atoms with Crippen LogP contribution in [0.1, 0.15) is 39.0 Å². The fourth-order valence-electron chi connectivity index (χ4n) is 3.71. The van der Waals surface area contributed by atoms with Crippen molar-refractivity contribution in [1.82, 2.24) is 14.5 Å². The lowest BCUT2D eigenvalue weighted by Crippen LogP contribution is -2.25. The molecular formula is C22H18ClN3O3S. The number of aromatic nitrogens is 3. The molecule has 0 atom stereocenters. The maximum absolute atomic E-state index is 13.2. The number of carbonyl (C=O) groups excluding carboxylic acids is 2. The van der Waals surface area contributed by atoms with Crippen molar-refractivity contribution in [1.29, 1.82) is 0 Å². The van der Waals surface area contributed by atoms with Crippen LogP contribution in [-0.2, 0) is 6.54 Å². The van der Waals surface area contributed by atoms with Crippen molar-refractivity contribution in [3.8, 4) is 11.1 Å². The van der Waals surface area contributed by atoms with Gasteiger partial charge in [0.15, 0.2) is 11.6 Å². The van der Waals surface area contributed by atoms with Gasteiger partial charge in [-0.1, -0.05) is 23.7 Å². The summed E-state index contributed by atoms with van der Waals surface area (Å²) in [5.41, 5.74) is 3.44. The van der Waals surface area contributed by atoms with Crippen LogP contribution in [0.2, 0.25) is 5.02 Å². The number of thiophene rings is 1. The van der Waals surface area contributed by atoms with Gasteiger partial charge in [-0.2, -0.15) is 0 Å². The van der Waals surface area contributed by atoms with Crippen molar-refractivity contribution < 1.29 is 9.59 Å². The Morgan fingerprint density at radius 1 is 1.20 bits per heavy atom. The van der Waals surface area contributed by atoms with E-state index in [-0.39, 0.29) is 23.7 Å². The van der Waals surface area contributed by atoms with E-state index in [1.54, 1.807) is 26.0 Å². The summed E-state index contributed by atoms with van der Waals surface area (Å²) in [6, 6.07) is 7.23. The zero-order valence-corrected chi connectivity index (χ0v) is 18.1. The maximum Gasteiger partial charge on any atom is 0.263 e. The number of rotatable bonds is 5. The van der Waals surface area contributed by atoms with E-state index in [0.29, 0.717) is 37.8 Å². The fourth-order valence-corrected chi connectivity index (χ4v) is 4.75. The van der Waals surface area contributed by atoms with Crippen molar-refractivity contribution in [2.24, 2.45) is 0 Å². The molecule has 0 fully saturated rings. The summed E-state index contributed by atoms with van der Waals surface area (Å²) in [5.74, 6) is -0.388. The number of aryl methyl sites for hydroxylation is 1. The lowest BCUT2D eigenvalue weighted by atomic mass is 10.1. The Balaban J connectivity index is 1.75. The number of hydrogen-bond donors (Lipinski definition) is 1. The van der Waals surface area contributed by atoms with E-state index in [2.05, 4.69) is 9.97 Å². The highest BCUT2D eigenvalue weighted by Gasteiger charge is 2.21. The normalized spacial score (nSPS) is 11.2. The van der Waals surface area contributed by atoms with E-state index < -0.39 is 0 Å². The van der Waals surface area contributed by atoms with Gasteiger partial charge in [0.05, 0.1) is 24.0 Å².